The van der Waals surface area contributed by atoms with Crippen LogP contribution in [0.1, 0.15) is 13.3 Å². The second-order valence-electron chi connectivity index (χ2n) is 6.27. The lowest BCUT2D eigenvalue weighted by Gasteiger charge is -2.14. The highest BCUT2D eigenvalue weighted by atomic mass is 79.9. The Kier molecular flexibility index (Phi) is 11.0. The van der Waals surface area contributed by atoms with Gasteiger partial charge in [-0.15, -0.1) is 0 Å². The lowest BCUT2D eigenvalue weighted by molar-refractivity contribution is -0.386. The van der Waals surface area contributed by atoms with E-state index in [9.17, 15) is 37.8 Å². The Labute approximate surface area is 205 Å². The van der Waals surface area contributed by atoms with E-state index in [0.29, 0.717) is 8.95 Å². The second kappa shape index (κ2) is 12.7. The average molecular weight is 624 g/mol. The molecule has 17 heteroatoms. The molecule has 34 heavy (non-hydrogen) atoms. The summed E-state index contributed by atoms with van der Waals surface area (Å²) in [5.41, 5.74) is -0.987. The monoisotopic (exact) mass is 622 g/mol. The van der Waals surface area contributed by atoms with Gasteiger partial charge in [0, 0.05) is 39.9 Å². The number of halogens is 6. The standard InChI is InChI=1S/C9H9BrF2N2O3.C8H7BrF2N2O4/c1-2-9(11,12)5-17-8-7(14(15)16)3-6(10)4-13-8;9-5-1-6(13(15)16)7(12-2-5)17-4-8(10,11)3-14/h3-4H,2,5H2,1H3;1-2,14H,3-4H2. The van der Waals surface area contributed by atoms with Gasteiger partial charge in [-0.05, 0) is 31.9 Å². The molecule has 11 nitrogen and oxygen atoms in total. The molecule has 0 saturated heterocycles. The molecule has 0 atom stereocenters. The van der Waals surface area contributed by atoms with Crippen molar-refractivity contribution in [1.82, 2.24) is 9.97 Å². The highest BCUT2D eigenvalue weighted by molar-refractivity contribution is 9.10. The van der Waals surface area contributed by atoms with Gasteiger partial charge in [0.2, 0.25) is 0 Å². The molecule has 0 radical (unpaired) electrons. The summed E-state index contributed by atoms with van der Waals surface area (Å²) < 4.78 is 61.1. The molecule has 2 aromatic heterocycles. The summed E-state index contributed by atoms with van der Waals surface area (Å²) in [7, 11) is 0. The summed E-state index contributed by atoms with van der Waals surface area (Å²) >= 11 is 5.96. The van der Waals surface area contributed by atoms with Crippen LogP contribution in [0.25, 0.3) is 0 Å². The maximum Gasteiger partial charge on any atom is 0.332 e. The van der Waals surface area contributed by atoms with Crippen molar-refractivity contribution in [1.29, 1.82) is 0 Å². The number of hydrogen-bond donors (Lipinski definition) is 1. The molecule has 2 aromatic rings. The maximum atomic E-state index is 12.9. The van der Waals surface area contributed by atoms with Crippen LogP contribution in [0.15, 0.2) is 33.5 Å². The Hall–Kier alpha value is -2.66. The summed E-state index contributed by atoms with van der Waals surface area (Å²) in [6.07, 6.45) is 2.02. The Morgan fingerprint density at radius 2 is 1.29 bits per heavy atom. The van der Waals surface area contributed by atoms with E-state index in [-0.39, 0.29) is 0 Å². The minimum Gasteiger partial charge on any atom is -0.466 e. The van der Waals surface area contributed by atoms with Crippen molar-refractivity contribution in [2.24, 2.45) is 0 Å². The number of pyridine rings is 2. The van der Waals surface area contributed by atoms with Crippen LogP contribution < -0.4 is 9.47 Å². The van der Waals surface area contributed by atoms with Gasteiger partial charge in [-0.2, -0.15) is 0 Å². The molecule has 0 fully saturated rings. The van der Waals surface area contributed by atoms with Gasteiger partial charge >= 0.3 is 17.3 Å². The molecule has 1 N–H and O–H groups in total. The minimum atomic E-state index is -3.47. The molecule has 0 amide bonds. The van der Waals surface area contributed by atoms with Crippen molar-refractivity contribution in [2.75, 3.05) is 19.8 Å². The number of ether oxygens (including phenoxy) is 2. The normalized spacial score (nSPS) is 11.3. The summed E-state index contributed by atoms with van der Waals surface area (Å²) in [6.45, 7) is -2.22. The van der Waals surface area contributed by atoms with Gasteiger partial charge in [0.15, 0.2) is 13.2 Å². The van der Waals surface area contributed by atoms with Gasteiger partial charge < -0.3 is 14.6 Å². The summed E-state index contributed by atoms with van der Waals surface area (Å²) in [5, 5.41) is 29.5. The number of rotatable bonds is 10. The molecular weight excluding hydrogens is 608 g/mol. The predicted molar refractivity (Wildman–Crippen MR) is 115 cm³/mol. The number of aliphatic hydroxyl groups excluding tert-OH is 1. The van der Waals surface area contributed by atoms with E-state index in [1.54, 1.807) is 0 Å². The third-order valence-corrected chi connectivity index (χ3v) is 4.45. The summed E-state index contributed by atoms with van der Waals surface area (Å²) in [4.78, 5) is 26.8. The Bertz CT molecular complexity index is 938. The molecule has 0 aromatic carbocycles. The molecule has 0 aliphatic rings. The van der Waals surface area contributed by atoms with Crippen molar-refractivity contribution >= 4 is 43.2 Å². The molecule has 0 spiro atoms. The van der Waals surface area contributed by atoms with Gasteiger partial charge in [-0.25, -0.2) is 27.5 Å². The zero-order chi connectivity index (χ0) is 26.1. The van der Waals surface area contributed by atoms with E-state index < -0.39 is 71.1 Å². The average Bonchev–Trinajstić information content (AvgIpc) is 2.77. The highest BCUT2D eigenvalue weighted by Gasteiger charge is 2.31. The van der Waals surface area contributed by atoms with Crippen LogP contribution in [0.4, 0.5) is 28.9 Å². The van der Waals surface area contributed by atoms with Gasteiger partial charge in [-0.1, -0.05) is 6.92 Å². The van der Waals surface area contributed by atoms with Crippen LogP contribution in [-0.4, -0.2) is 56.6 Å². The van der Waals surface area contributed by atoms with Crippen LogP contribution in [0, 0.1) is 20.2 Å². The molecule has 2 heterocycles. The van der Waals surface area contributed by atoms with Gasteiger partial charge in [0.05, 0.1) is 9.85 Å². The fourth-order valence-electron chi connectivity index (χ4n) is 1.81. The van der Waals surface area contributed by atoms with E-state index >= 15 is 0 Å². The Morgan fingerprint density at radius 1 is 0.912 bits per heavy atom. The largest absolute Gasteiger partial charge is 0.466 e. The Morgan fingerprint density at radius 3 is 1.62 bits per heavy atom. The number of nitrogens with zero attached hydrogens (tertiary/aromatic N) is 4. The lowest BCUT2D eigenvalue weighted by Crippen LogP contribution is -2.30. The van der Waals surface area contributed by atoms with E-state index in [4.69, 9.17) is 5.11 Å². The van der Waals surface area contributed by atoms with Crippen LogP contribution in [0.5, 0.6) is 11.8 Å². The molecule has 0 unspecified atom stereocenters. The van der Waals surface area contributed by atoms with Gasteiger partial charge in [-0.3, -0.25) is 20.2 Å². The van der Waals surface area contributed by atoms with Crippen LogP contribution in [0.3, 0.4) is 0 Å². The van der Waals surface area contributed by atoms with Crippen LogP contribution in [-0.2, 0) is 0 Å². The van der Waals surface area contributed by atoms with E-state index in [0.717, 1.165) is 12.1 Å². The van der Waals surface area contributed by atoms with Gasteiger partial charge in [0.1, 0.15) is 6.61 Å². The molecule has 2 rings (SSSR count). The number of nitro groups is 2. The topological polar surface area (TPSA) is 151 Å². The first-order valence-corrected chi connectivity index (χ1v) is 10.5. The van der Waals surface area contributed by atoms with Crippen LogP contribution >= 0.6 is 31.9 Å². The number of aliphatic hydroxyl groups is 1. The summed E-state index contributed by atoms with van der Waals surface area (Å²) in [6, 6.07) is 2.23. The first kappa shape index (κ1) is 29.4. The lowest BCUT2D eigenvalue weighted by atomic mass is 10.3. The number of alkyl halides is 4. The fourth-order valence-corrected chi connectivity index (χ4v) is 2.45. The first-order chi connectivity index (χ1) is 15.7. The third kappa shape index (κ3) is 9.68. The van der Waals surface area contributed by atoms with Crippen molar-refractivity contribution in [3.05, 3.63) is 53.7 Å². The number of aromatic nitrogens is 2. The zero-order valence-electron chi connectivity index (χ0n) is 17.1. The molecule has 0 aliphatic heterocycles. The SMILES string of the molecule is CCC(F)(F)COc1ncc(Br)cc1[N+](=O)[O-].O=[N+]([O-])c1cc(Br)cnc1OCC(F)(F)CO. The second-order valence-corrected chi connectivity index (χ2v) is 8.10. The number of hydrogen-bond acceptors (Lipinski definition) is 9. The van der Waals surface area contributed by atoms with Crippen LogP contribution in [0.2, 0.25) is 0 Å². The Balaban J connectivity index is 0.000000340. The fraction of sp³-hybridized carbons (Fsp3) is 0.412. The van der Waals surface area contributed by atoms with Crippen molar-refractivity contribution in [3.8, 4) is 11.8 Å². The van der Waals surface area contributed by atoms with E-state index in [1.165, 1.54) is 19.3 Å². The predicted octanol–water partition coefficient (Wildman–Crippen LogP) is 4.94. The molecule has 0 bridgehead atoms. The molecular formula is C17H16Br2F4N4O7. The minimum absolute atomic E-state index is 0.325. The third-order valence-electron chi connectivity index (χ3n) is 3.58. The van der Waals surface area contributed by atoms with Crippen molar-refractivity contribution in [3.63, 3.8) is 0 Å². The zero-order valence-corrected chi connectivity index (χ0v) is 20.3. The molecule has 0 saturated carbocycles. The smallest absolute Gasteiger partial charge is 0.332 e. The maximum absolute atomic E-state index is 12.9. The molecule has 0 aliphatic carbocycles. The van der Waals surface area contributed by atoms with Gasteiger partial charge in [0.25, 0.3) is 17.7 Å². The van der Waals surface area contributed by atoms with Crippen molar-refractivity contribution in [2.45, 2.75) is 25.2 Å². The first-order valence-electron chi connectivity index (χ1n) is 8.93. The molecule has 188 valence electrons. The highest BCUT2D eigenvalue weighted by Crippen LogP contribution is 2.30. The van der Waals surface area contributed by atoms with E-state index in [2.05, 4.69) is 51.3 Å². The summed E-state index contributed by atoms with van der Waals surface area (Å²) in [5.74, 6) is -7.43. The van der Waals surface area contributed by atoms with Crippen molar-refractivity contribution < 1.29 is 42.0 Å². The quantitative estimate of drug-likeness (QED) is 0.220. The van der Waals surface area contributed by atoms with E-state index in [1.807, 2.05) is 0 Å².